The standard InChI is InChI=1S/C20H21N3O3S/c1-22(11-14-8-10-27-13-14)17(24)12-23-18(25)20(21-19(23)26)9-4-6-15-5-2-3-7-16(15)20/h2-3,5,7-8,10,13H,4,6,9,11-12H2,1H3,(H,21,26)/t20-/m1/s1. The Morgan fingerprint density at radius 1 is 1.30 bits per heavy atom. The Morgan fingerprint density at radius 2 is 2.11 bits per heavy atom. The summed E-state index contributed by atoms with van der Waals surface area (Å²) >= 11 is 1.57. The third-order valence-corrected chi connectivity index (χ3v) is 6.10. The molecule has 7 heteroatoms. The fourth-order valence-electron chi connectivity index (χ4n) is 3.96. The first-order valence-electron chi connectivity index (χ1n) is 8.99. The number of aryl methyl sites for hydroxylation is 1. The van der Waals surface area contributed by atoms with Crippen LogP contribution < -0.4 is 5.32 Å². The lowest BCUT2D eigenvalue weighted by atomic mass is 9.76. The van der Waals surface area contributed by atoms with E-state index in [0.29, 0.717) is 13.0 Å². The molecule has 27 heavy (non-hydrogen) atoms. The highest BCUT2D eigenvalue weighted by atomic mass is 32.1. The summed E-state index contributed by atoms with van der Waals surface area (Å²) < 4.78 is 0. The second kappa shape index (κ2) is 6.81. The van der Waals surface area contributed by atoms with Crippen molar-refractivity contribution in [3.05, 3.63) is 57.8 Å². The summed E-state index contributed by atoms with van der Waals surface area (Å²) in [5.41, 5.74) is 1.94. The highest BCUT2D eigenvalue weighted by Crippen LogP contribution is 2.39. The van der Waals surface area contributed by atoms with Crippen LogP contribution in [0.1, 0.15) is 29.5 Å². The number of rotatable bonds is 4. The molecule has 4 rings (SSSR count). The molecule has 6 nitrogen and oxygen atoms in total. The van der Waals surface area contributed by atoms with Crippen LogP contribution >= 0.6 is 11.3 Å². The number of nitrogens with one attached hydrogen (secondary N) is 1. The number of hydrogen-bond donors (Lipinski definition) is 1. The van der Waals surface area contributed by atoms with Gasteiger partial charge in [-0.15, -0.1) is 0 Å². The predicted octanol–water partition coefficient (Wildman–Crippen LogP) is 2.49. The summed E-state index contributed by atoms with van der Waals surface area (Å²) in [5.74, 6) is -0.581. The van der Waals surface area contributed by atoms with Crippen LogP contribution in [0.25, 0.3) is 0 Å². The van der Waals surface area contributed by atoms with E-state index in [2.05, 4.69) is 5.32 Å². The van der Waals surface area contributed by atoms with Crippen LogP contribution in [0.4, 0.5) is 4.79 Å². The molecule has 1 aliphatic carbocycles. The summed E-state index contributed by atoms with van der Waals surface area (Å²) in [4.78, 5) is 41.0. The number of carbonyl (C=O) groups is 3. The molecule has 0 unspecified atom stereocenters. The van der Waals surface area contributed by atoms with Crippen molar-refractivity contribution < 1.29 is 14.4 Å². The number of nitrogens with zero attached hydrogens (tertiary/aromatic N) is 2. The molecule has 0 radical (unpaired) electrons. The molecule has 2 heterocycles. The molecular weight excluding hydrogens is 362 g/mol. The van der Waals surface area contributed by atoms with Gasteiger partial charge in [0.05, 0.1) is 0 Å². The Bertz CT molecular complexity index is 896. The van der Waals surface area contributed by atoms with Crippen LogP contribution in [-0.2, 0) is 28.1 Å². The van der Waals surface area contributed by atoms with E-state index in [1.165, 1.54) is 0 Å². The van der Waals surface area contributed by atoms with Gasteiger partial charge >= 0.3 is 6.03 Å². The van der Waals surface area contributed by atoms with Crippen molar-refractivity contribution >= 4 is 29.2 Å². The lowest BCUT2D eigenvalue weighted by Gasteiger charge is -2.33. The minimum absolute atomic E-state index is 0.241. The van der Waals surface area contributed by atoms with E-state index in [4.69, 9.17) is 0 Å². The molecule has 1 saturated heterocycles. The minimum atomic E-state index is -1.03. The van der Waals surface area contributed by atoms with Gasteiger partial charge in [0, 0.05) is 13.6 Å². The van der Waals surface area contributed by atoms with Gasteiger partial charge in [-0.05, 0) is 52.8 Å². The van der Waals surface area contributed by atoms with Crippen molar-refractivity contribution in [3.63, 3.8) is 0 Å². The van der Waals surface area contributed by atoms with E-state index in [1.54, 1.807) is 23.3 Å². The number of hydrogen-bond acceptors (Lipinski definition) is 4. The number of benzene rings is 1. The summed E-state index contributed by atoms with van der Waals surface area (Å²) in [7, 11) is 1.68. The number of fused-ring (bicyclic) bond motifs is 2. The van der Waals surface area contributed by atoms with Crippen molar-refractivity contribution in [3.8, 4) is 0 Å². The van der Waals surface area contributed by atoms with Gasteiger partial charge in [-0.2, -0.15) is 11.3 Å². The molecule has 1 fully saturated rings. The third-order valence-electron chi connectivity index (χ3n) is 5.37. The quantitative estimate of drug-likeness (QED) is 0.825. The largest absolute Gasteiger partial charge is 0.340 e. The van der Waals surface area contributed by atoms with E-state index < -0.39 is 11.6 Å². The number of amides is 4. The number of likely N-dealkylation sites (N-methyl/N-ethyl adjacent to an activating group) is 1. The van der Waals surface area contributed by atoms with Gasteiger partial charge in [0.15, 0.2) is 0 Å². The summed E-state index contributed by atoms with van der Waals surface area (Å²) in [5, 5.41) is 6.81. The topological polar surface area (TPSA) is 69.7 Å². The molecule has 1 N–H and O–H groups in total. The predicted molar refractivity (Wildman–Crippen MR) is 102 cm³/mol. The summed E-state index contributed by atoms with van der Waals surface area (Å²) in [6.45, 7) is 0.217. The first-order valence-corrected chi connectivity index (χ1v) is 9.93. The summed E-state index contributed by atoms with van der Waals surface area (Å²) in [6.07, 6.45) is 2.27. The molecule has 140 valence electrons. The molecule has 1 aliphatic heterocycles. The highest BCUT2D eigenvalue weighted by molar-refractivity contribution is 7.07. The fourth-order valence-corrected chi connectivity index (χ4v) is 4.62. The van der Waals surface area contributed by atoms with Crippen LogP contribution in [0.3, 0.4) is 0 Å². The SMILES string of the molecule is CN(Cc1ccsc1)C(=O)CN1C(=O)N[C@@]2(CCCc3ccccc32)C1=O. The maximum atomic E-state index is 13.2. The smallest absolute Gasteiger partial charge is 0.325 e. The van der Waals surface area contributed by atoms with Gasteiger partial charge in [-0.3, -0.25) is 14.5 Å². The van der Waals surface area contributed by atoms with E-state index in [9.17, 15) is 14.4 Å². The lowest BCUT2D eigenvalue weighted by Crippen LogP contribution is -2.47. The molecule has 2 aliphatic rings. The zero-order valence-corrected chi connectivity index (χ0v) is 15.9. The number of carbonyl (C=O) groups excluding carboxylic acids is 3. The van der Waals surface area contributed by atoms with Gasteiger partial charge in [-0.1, -0.05) is 24.3 Å². The Balaban J connectivity index is 1.53. The number of imide groups is 1. The van der Waals surface area contributed by atoms with Crippen LogP contribution in [0.15, 0.2) is 41.1 Å². The van der Waals surface area contributed by atoms with Crippen molar-refractivity contribution in [2.24, 2.45) is 0 Å². The maximum absolute atomic E-state index is 13.2. The van der Waals surface area contributed by atoms with Gasteiger partial charge in [0.25, 0.3) is 5.91 Å². The molecule has 2 aromatic rings. The maximum Gasteiger partial charge on any atom is 0.325 e. The van der Waals surface area contributed by atoms with Crippen LogP contribution in [-0.4, -0.2) is 41.2 Å². The van der Waals surface area contributed by atoms with Crippen LogP contribution in [0.2, 0.25) is 0 Å². The van der Waals surface area contributed by atoms with E-state index in [1.807, 2.05) is 41.1 Å². The third kappa shape index (κ3) is 3.02. The average molecular weight is 383 g/mol. The lowest BCUT2D eigenvalue weighted by molar-refractivity contribution is -0.139. The van der Waals surface area contributed by atoms with Gasteiger partial charge in [-0.25, -0.2) is 4.79 Å². The number of urea groups is 1. The van der Waals surface area contributed by atoms with Crippen LogP contribution in [0.5, 0.6) is 0 Å². The van der Waals surface area contributed by atoms with Crippen molar-refractivity contribution in [1.29, 1.82) is 0 Å². The second-order valence-electron chi connectivity index (χ2n) is 7.12. The monoisotopic (exact) mass is 383 g/mol. The van der Waals surface area contributed by atoms with E-state index in [-0.39, 0.29) is 18.4 Å². The zero-order chi connectivity index (χ0) is 19.0. The van der Waals surface area contributed by atoms with Crippen molar-refractivity contribution in [2.75, 3.05) is 13.6 Å². The molecule has 1 spiro atoms. The Labute approximate surface area is 161 Å². The number of thiophene rings is 1. The Kier molecular flexibility index (Phi) is 4.47. The van der Waals surface area contributed by atoms with Crippen LogP contribution in [0, 0.1) is 0 Å². The normalized spacial score (nSPS) is 21.3. The Hall–Kier alpha value is -2.67. The first kappa shape index (κ1) is 17.7. The van der Waals surface area contributed by atoms with E-state index in [0.717, 1.165) is 34.4 Å². The Morgan fingerprint density at radius 3 is 2.89 bits per heavy atom. The molecule has 4 amide bonds. The second-order valence-corrected chi connectivity index (χ2v) is 7.90. The zero-order valence-electron chi connectivity index (χ0n) is 15.1. The average Bonchev–Trinajstić information content (AvgIpc) is 3.25. The van der Waals surface area contributed by atoms with E-state index >= 15 is 0 Å². The molecule has 1 atom stereocenters. The minimum Gasteiger partial charge on any atom is -0.340 e. The molecular formula is C20H21N3O3S. The van der Waals surface area contributed by atoms with Gasteiger partial charge < -0.3 is 10.2 Å². The highest BCUT2D eigenvalue weighted by Gasteiger charge is 2.54. The molecule has 0 saturated carbocycles. The summed E-state index contributed by atoms with van der Waals surface area (Å²) in [6, 6.07) is 9.19. The molecule has 0 bridgehead atoms. The first-order chi connectivity index (χ1) is 13.0. The van der Waals surface area contributed by atoms with Gasteiger partial charge in [0.2, 0.25) is 5.91 Å². The molecule has 1 aromatic carbocycles. The fraction of sp³-hybridized carbons (Fsp3) is 0.350. The molecule has 1 aromatic heterocycles. The van der Waals surface area contributed by atoms with Gasteiger partial charge in [0.1, 0.15) is 12.1 Å². The van der Waals surface area contributed by atoms with Crippen molar-refractivity contribution in [1.82, 2.24) is 15.1 Å². The van der Waals surface area contributed by atoms with Crippen molar-refractivity contribution in [2.45, 2.75) is 31.3 Å².